The average molecular weight is 222 g/mol. The number of rotatable bonds is 2. The van der Waals surface area contributed by atoms with E-state index in [1.54, 1.807) is 6.07 Å². The Labute approximate surface area is 96.2 Å². The monoisotopic (exact) mass is 222 g/mol. The molecule has 16 heavy (non-hydrogen) atoms. The molecule has 0 bridgehead atoms. The van der Waals surface area contributed by atoms with Crippen LogP contribution in [0.15, 0.2) is 18.2 Å². The van der Waals surface area contributed by atoms with E-state index in [4.69, 9.17) is 5.73 Å². The Kier molecular flexibility index (Phi) is 3.32. The third-order valence-electron chi connectivity index (χ3n) is 3.56. The highest BCUT2D eigenvalue weighted by atomic mass is 19.1. The van der Waals surface area contributed by atoms with E-state index < -0.39 is 0 Å². The average Bonchev–Trinajstić information content (AvgIpc) is 2.33. The molecule has 1 fully saturated rings. The number of hydrogen-bond acceptors (Lipinski definition) is 2. The van der Waals surface area contributed by atoms with Crippen LogP contribution in [0.2, 0.25) is 0 Å². The van der Waals surface area contributed by atoms with Gasteiger partial charge in [0.15, 0.2) is 0 Å². The fraction of sp³-hybridized carbons (Fsp3) is 0.538. The summed E-state index contributed by atoms with van der Waals surface area (Å²) < 4.78 is 13.3. The maximum Gasteiger partial charge on any atom is 0.148 e. The zero-order chi connectivity index (χ0) is 11.5. The molecule has 2 rings (SSSR count). The zero-order valence-electron chi connectivity index (χ0n) is 9.75. The topological polar surface area (TPSA) is 29.3 Å². The Morgan fingerprint density at radius 1 is 1.38 bits per heavy atom. The van der Waals surface area contributed by atoms with Crippen molar-refractivity contribution in [2.24, 2.45) is 5.92 Å². The lowest BCUT2D eigenvalue weighted by atomic mass is 9.94. The standard InChI is InChI=1S/C13H19FN2/c1-2-10-6-8-16(9-7-10)12-5-3-4-11(14)13(12)15/h3-5,10H,2,6-9,15H2,1H3. The number of halogens is 1. The van der Waals surface area contributed by atoms with Crippen LogP contribution < -0.4 is 10.6 Å². The summed E-state index contributed by atoms with van der Waals surface area (Å²) in [6.07, 6.45) is 3.62. The van der Waals surface area contributed by atoms with Gasteiger partial charge in [0.25, 0.3) is 0 Å². The Morgan fingerprint density at radius 3 is 2.69 bits per heavy atom. The SMILES string of the molecule is CCC1CCN(c2cccc(F)c2N)CC1. The van der Waals surface area contributed by atoms with Crippen molar-refractivity contribution in [3.05, 3.63) is 24.0 Å². The number of piperidine rings is 1. The third-order valence-corrected chi connectivity index (χ3v) is 3.56. The van der Waals surface area contributed by atoms with Crippen LogP contribution >= 0.6 is 0 Å². The molecule has 0 unspecified atom stereocenters. The van der Waals surface area contributed by atoms with Crippen LogP contribution in [0.4, 0.5) is 15.8 Å². The normalized spacial score (nSPS) is 17.8. The molecule has 0 spiro atoms. The zero-order valence-corrected chi connectivity index (χ0v) is 9.75. The van der Waals surface area contributed by atoms with Crippen molar-refractivity contribution in [2.45, 2.75) is 26.2 Å². The summed E-state index contributed by atoms with van der Waals surface area (Å²) in [7, 11) is 0. The van der Waals surface area contributed by atoms with Crippen LogP contribution in [0, 0.1) is 11.7 Å². The molecule has 1 aromatic rings. The minimum Gasteiger partial charge on any atom is -0.395 e. The van der Waals surface area contributed by atoms with E-state index in [1.807, 2.05) is 6.07 Å². The van der Waals surface area contributed by atoms with Gasteiger partial charge in [-0.25, -0.2) is 4.39 Å². The van der Waals surface area contributed by atoms with Gasteiger partial charge < -0.3 is 10.6 Å². The highest BCUT2D eigenvalue weighted by Crippen LogP contribution is 2.30. The molecule has 3 heteroatoms. The second-order valence-corrected chi connectivity index (χ2v) is 4.51. The minimum atomic E-state index is -0.310. The van der Waals surface area contributed by atoms with Crippen molar-refractivity contribution in [1.29, 1.82) is 0 Å². The number of hydrogen-bond donors (Lipinski definition) is 1. The third kappa shape index (κ3) is 2.13. The van der Waals surface area contributed by atoms with Gasteiger partial charge in [0.05, 0.1) is 11.4 Å². The minimum absolute atomic E-state index is 0.289. The molecule has 0 aromatic heterocycles. The predicted molar refractivity (Wildman–Crippen MR) is 66.0 cm³/mol. The molecule has 0 saturated carbocycles. The fourth-order valence-corrected chi connectivity index (χ4v) is 2.38. The van der Waals surface area contributed by atoms with Crippen molar-refractivity contribution in [3.63, 3.8) is 0 Å². The first-order chi connectivity index (χ1) is 7.72. The summed E-state index contributed by atoms with van der Waals surface area (Å²) >= 11 is 0. The molecule has 1 aliphatic rings. The van der Waals surface area contributed by atoms with E-state index in [9.17, 15) is 4.39 Å². The van der Waals surface area contributed by atoms with Gasteiger partial charge in [-0.2, -0.15) is 0 Å². The Hall–Kier alpha value is -1.25. The van der Waals surface area contributed by atoms with Crippen LogP contribution in [0.25, 0.3) is 0 Å². The maximum atomic E-state index is 13.3. The summed E-state index contributed by atoms with van der Waals surface area (Å²) in [6.45, 7) is 4.22. The first-order valence-corrected chi connectivity index (χ1v) is 6.01. The predicted octanol–water partition coefficient (Wildman–Crippen LogP) is 3.03. The molecule has 0 atom stereocenters. The molecule has 1 saturated heterocycles. The fourth-order valence-electron chi connectivity index (χ4n) is 2.38. The van der Waals surface area contributed by atoms with E-state index in [0.29, 0.717) is 0 Å². The van der Waals surface area contributed by atoms with Gasteiger partial charge >= 0.3 is 0 Å². The van der Waals surface area contributed by atoms with Crippen molar-refractivity contribution in [2.75, 3.05) is 23.7 Å². The van der Waals surface area contributed by atoms with Gasteiger partial charge in [0, 0.05) is 13.1 Å². The van der Waals surface area contributed by atoms with E-state index in [2.05, 4.69) is 11.8 Å². The molecule has 0 amide bonds. The molecule has 0 aliphatic carbocycles. The smallest absolute Gasteiger partial charge is 0.148 e. The largest absolute Gasteiger partial charge is 0.395 e. The second-order valence-electron chi connectivity index (χ2n) is 4.51. The summed E-state index contributed by atoms with van der Waals surface area (Å²) in [5, 5.41) is 0. The van der Waals surface area contributed by atoms with Gasteiger partial charge in [-0.3, -0.25) is 0 Å². The van der Waals surface area contributed by atoms with E-state index in [0.717, 1.165) is 24.7 Å². The molecule has 1 aliphatic heterocycles. The van der Waals surface area contributed by atoms with Crippen LogP contribution in [-0.4, -0.2) is 13.1 Å². The summed E-state index contributed by atoms with van der Waals surface area (Å²) in [4.78, 5) is 2.20. The first kappa shape index (κ1) is 11.2. The molecular formula is C13H19FN2. The Morgan fingerprint density at radius 2 is 2.06 bits per heavy atom. The van der Waals surface area contributed by atoms with E-state index in [-0.39, 0.29) is 11.5 Å². The summed E-state index contributed by atoms with van der Waals surface area (Å²) in [5.41, 5.74) is 6.91. The molecule has 2 N–H and O–H groups in total. The van der Waals surface area contributed by atoms with Gasteiger partial charge in [-0.15, -0.1) is 0 Å². The lowest BCUT2D eigenvalue weighted by Crippen LogP contribution is -2.34. The molecule has 88 valence electrons. The quantitative estimate of drug-likeness (QED) is 0.779. The number of nitrogen functional groups attached to an aromatic ring is 1. The van der Waals surface area contributed by atoms with Gasteiger partial charge in [-0.1, -0.05) is 19.4 Å². The summed E-state index contributed by atoms with van der Waals surface area (Å²) in [6, 6.07) is 5.05. The van der Waals surface area contributed by atoms with Crippen molar-refractivity contribution in [3.8, 4) is 0 Å². The molecule has 0 radical (unpaired) electrons. The van der Waals surface area contributed by atoms with Crippen LogP contribution in [0.3, 0.4) is 0 Å². The van der Waals surface area contributed by atoms with E-state index >= 15 is 0 Å². The highest BCUT2D eigenvalue weighted by Gasteiger charge is 2.20. The number of anilines is 2. The molecule has 1 aromatic carbocycles. The van der Waals surface area contributed by atoms with Crippen molar-refractivity contribution >= 4 is 11.4 Å². The first-order valence-electron chi connectivity index (χ1n) is 6.01. The van der Waals surface area contributed by atoms with Crippen LogP contribution in [-0.2, 0) is 0 Å². The summed E-state index contributed by atoms with van der Waals surface area (Å²) in [5.74, 6) is 0.515. The van der Waals surface area contributed by atoms with Crippen molar-refractivity contribution < 1.29 is 4.39 Å². The van der Waals surface area contributed by atoms with Gasteiger partial charge in [0.2, 0.25) is 0 Å². The van der Waals surface area contributed by atoms with Gasteiger partial charge in [0.1, 0.15) is 5.82 Å². The highest BCUT2D eigenvalue weighted by molar-refractivity contribution is 5.68. The van der Waals surface area contributed by atoms with Crippen LogP contribution in [0.1, 0.15) is 26.2 Å². The second kappa shape index (κ2) is 4.73. The number of benzene rings is 1. The Balaban J connectivity index is 2.11. The lowest BCUT2D eigenvalue weighted by Gasteiger charge is -2.33. The number of para-hydroxylation sites is 1. The maximum absolute atomic E-state index is 13.3. The Bertz CT molecular complexity index is 357. The number of nitrogens with zero attached hydrogens (tertiary/aromatic N) is 1. The van der Waals surface area contributed by atoms with Gasteiger partial charge in [-0.05, 0) is 30.9 Å². The molecule has 2 nitrogen and oxygen atoms in total. The van der Waals surface area contributed by atoms with Crippen LogP contribution in [0.5, 0.6) is 0 Å². The lowest BCUT2D eigenvalue weighted by molar-refractivity contribution is 0.395. The molecule has 1 heterocycles. The van der Waals surface area contributed by atoms with E-state index in [1.165, 1.54) is 25.3 Å². The number of nitrogens with two attached hydrogens (primary N) is 1. The van der Waals surface area contributed by atoms with Crippen molar-refractivity contribution in [1.82, 2.24) is 0 Å². The molecular weight excluding hydrogens is 203 g/mol.